The van der Waals surface area contributed by atoms with Crippen LogP contribution in [-0.2, 0) is 6.42 Å². The molecule has 0 aromatic carbocycles. The van der Waals surface area contributed by atoms with Gasteiger partial charge in [-0.3, -0.25) is 0 Å². The fourth-order valence-corrected chi connectivity index (χ4v) is 1.14. The van der Waals surface area contributed by atoms with Crippen LogP contribution in [0.2, 0.25) is 0 Å². The molecule has 0 N–H and O–H groups in total. The van der Waals surface area contributed by atoms with E-state index in [1.165, 1.54) is 5.56 Å². The summed E-state index contributed by atoms with van der Waals surface area (Å²) in [6, 6.07) is 3.97. The maximum Gasteiger partial charge on any atom is 0.213 e. The third-order valence-electron chi connectivity index (χ3n) is 1.80. The van der Waals surface area contributed by atoms with E-state index in [2.05, 4.69) is 24.9 Å². The van der Waals surface area contributed by atoms with Crippen molar-refractivity contribution in [3.8, 4) is 5.88 Å². The summed E-state index contributed by atoms with van der Waals surface area (Å²) in [5, 5.41) is 0. The van der Waals surface area contributed by atoms with E-state index in [1.807, 2.05) is 13.0 Å². The van der Waals surface area contributed by atoms with Gasteiger partial charge in [0, 0.05) is 11.8 Å². The van der Waals surface area contributed by atoms with E-state index in [-0.39, 0.29) is 0 Å². The highest BCUT2D eigenvalue weighted by molar-refractivity contribution is 5.24. The minimum atomic E-state index is 0.680. The minimum absolute atomic E-state index is 0.680. The maximum absolute atomic E-state index is 5.29. The zero-order valence-corrected chi connectivity index (χ0v) is 7.92. The van der Waals surface area contributed by atoms with E-state index in [9.17, 15) is 0 Å². The monoisotopic (exact) mass is 165 g/mol. The van der Waals surface area contributed by atoms with E-state index in [1.54, 1.807) is 0 Å². The molecule has 0 bridgehead atoms. The summed E-state index contributed by atoms with van der Waals surface area (Å²) in [6.07, 6.45) is 0.965. The molecule has 2 nitrogen and oxygen atoms in total. The lowest BCUT2D eigenvalue weighted by atomic mass is 10.2. The van der Waals surface area contributed by atoms with Crippen molar-refractivity contribution in [1.29, 1.82) is 0 Å². The number of aryl methyl sites for hydroxylation is 2. The van der Waals surface area contributed by atoms with Gasteiger partial charge >= 0.3 is 0 Å². The van der Waals surface area contributed by atoms with Gasteiger partial charge in [0.1, 0.15) is 0 Å². The quantitative estimate of drug-likeness (QED) is 0.686. The Morgan fingerprint density at radius 2 is 2.08 bits per heavy atom. The van der Waals surface area contributed by atoms with Crippen molar-refractivity contribution in [1.82, 2.24) is 4.98 Å². The van der Waals surface area contributed by atoms with Crippen LogP contribution < -0.4 is 4.74 Å². The molecule has 0 unspecified atom stereocenters. The number of ether oxygens (including phenoxy) is 1. The van der Waals surface area contributed by atoms with Crippen LogP contribution in [0.5, 0.6) is 5.88 Å². The molecule has 0 amide bonds. The lowest BCUT2D eigenvalue weighted by Gasteiger charge is -2.05. The lowest BCUT2D eigenvalue weighted by molar-refractivity contribution is 0.325. The van der Waals surface area contributed by atoms with Gasteiger partial charge in [0.25, 0.3) is 0 Å². The Balaban J connectivity index is 2.89. The average molecular weight is 165 g/mol. The van der Waals surface area contributed by atoms with Crippen LogP contribution >= 0.6 is 0 Å². The number of nitrogens with zero attached hydrogens (tertiary/aromatic N) is 1. The molecule has 1 aromatic rings. The summed E-state index contributed by atoms with van der Waals surface area (Å²) in [5.41, 5.74) is 2.36. The van der Waals surface area contributed by atoms with Crippen molar-refractivity contribution in [2.24, 2.45) is 0 Å². The second-order valence-electron chi connectivity index (χ2n) is 2.70. The Labute approximate surface area is 73.6 Å². The zero-order valence-electron chi connectivity index (χ0n) is 7.92. The first-order valence-electron chi connectivity index (χ1n) is 4.37. The van der Waals surface area contributed by atoms with Crippen LogP contribution in [0.4, 0.5) is 0 Å². The van der Waals surface area contributed by atoms with Crippen LogP contribution in [0.15, 0.2) is 12.1 Å². The first-order chi connectivity index (χ1) is 5.77. The van der Waals surface area contributed by atoms with Gasteiger partial charge in [-0.25, -0.2) is 4.98 Å². The number of rotatable bonds is 3. The Bertz CT molecular complexity index is 258. The third-order valence-corrected chi connectivity index (χ3v) is 1.80. The van der Waals surface area contributed by atoms with Crippen LogP contribution in [0.3, 0.4) is 0 Å². The van der Waals surface area contributed by atoms with Crippen LogP contribution in [-0.4, -0.2) is 11.6 Å². The standard InChI is InChI=1S/C10H15NO/c1-4-9-8(3)6-7-10(11-9)12-5-2/h6-7H,4-5H2,1-3H3. The molecule has 0 saturated carbocycles. The van der Waals surface area contributed by atoms with Crippen molar-refractivity contribution < 1.29 is 4.74 Å². The topological polar surface area (TPSA) is 22.1 Å². The van der Waals surface area contributed by atoms with E-state index in [4.69, 9.17) is 4.74 Å². The van der Waals surface area contributed by atoms with Crippen molar-refractivity contribution in [2.45, 2.75) is 27.2 Å². The molecule has 2 heteroatoms. The first-order valence-corrected chi connectivity index (χ1v) is 4.37. The van der Waals surface area contributed by atoms with Gasteiger partial charge in [0.15, 0.2) is 0 Å². The number of aromatic nitrogens is 1. The zero-order chi connectivity index (χ0) is 8.97. The Hall–Kier alpha value is -1.05. The van der Waals surface area contributed by atoms with Gasteiger partial charge in [-0.05, 0) is 25.8 Å². The second kappa shape index (κ2) is 4.10. The molecule has 0 aliphatic carbocycles. The van der Waals surface area contributed by atoms with Gasteiger partial charge in [0.05, 0.1) is 6.61 Å². The summed E-state index contributed by atoms with van der Waals surface area (Å²) in [6.45, 7) is 6.82. The molecule has 0 atom stereocenters. The predicted molar refractivity (Wildman–Crippen MR) is 49.5 cm³/mol. The molecule has 1 heterocycles. The Kier molecular flexibility index (Phi) is 3.09. The molecule has 1 aromatic heterocycles. The molecule has 12 heavy (non-hydrogen) atoms. The van der Waals surface area contributed by atoms with E-state index >= 15 is 0 Å². The summed E-state index contributed by atoms with van der Waals surface area (Å²) in [5.74, 6) is 0.736. The lowest BCUT2D eigenvalue weighted by Crippen LogP contribution is -1.98. The van der Waals surface area contributed by atoms with Crippen molar-refractivity contribution in [3.05, 3.63) is 23.4 Å². The molecule has 66 valence electrons. The van der Waals surface area contributed by atoms with Crippen molar-refractivity contribution >= 4 is 0 Å². The first kappa shape index (κ1) is 9.04. The smallest absolute Gasteiger partial charge is 0.213 e. The molecular formula is C10H15NO. The molecule has 1 rings (SSSR count). The van der Waals surface area contributed by atoms with Crippen molar-refractivity contribution in [3.63, 3.8) is 0 Å². The number of pyridine rings is 1. The van der Waals surface area contributed by atoms with Crippen LogP contribution in [0.25, 0.3) is 0 Å². The van der Waals surface area contributed by atoms with Crippen LogP contribution in [0.1, 0.15) is 25.1 Å². The molecular weight excluding hydrogens is 150 g/mol. The molecule has 0 saturated heterocycles. The van der Waals surface area contributed by atoms with E-state index in [0.717, 1.165) is 18.0 Å². The van der Waals surface area contributed by atoms with Gasteiger partial charge < -0.3 is 4.74 Å². The van der Waals surface area contributed by atoms with Crippen molar-refractivity contribution in [2.75, 3.05) is 6.61 Å². The number of hydrogen-bond donors (Lipinski definition) is 0. The maximum atomic E-state index is 5.29. The van der Waals surface area contributed by atoms with Gasteiger partial charge in [-0.1, -0.05) is 13.0 Å². The largest absolute Gasteiger partial charge is 0.478 e. The normalized spacial score (nSPS) is 9.92. The Morgan fingerprint density at radius 3 is 2.67 bits per heavy atom. The molecule has 0 radical (unpaired) electrons. The van der Waals surface area contributed by atoms with E-state index in [0.29, 0.717) is 6.61 Å². The highest BCUT2D eigenvalue weighted by Gasteiger charge is 1.99. The third kappa shape index (κ3) is 1.97. The predicted octanol–water partition coefficient (Wildman–Crippen LogP) is 2.35. The molecule has 0 aliphatic heterocycles. The van der Waals surface area contributed by atoms with E-state index < -0.39 is 0 Å². The summed E-state index contributed by atoms with van der Waals surface area (Å²) in [4.78, 5) is 4.36. The summed E-state index contributed by atoms with van der Waals surface area (Å²) < 4.78 is 5.29. The molecule has 0 spiro atoms. The highest BCUT2D eigenvalue weighted by atomic mass is 16.5. The minimum Gasteiger partial charge on any atom is -0.478 e. The fraction of sp³-hybridized carbons (Fsp3) is 0.500. The van der Waals surface area contributed by atoms with Gasteiger partial charge in [0.2, 0.25) is 5.88 Å². The second-order valence-corrected chi connectivity index (χ2v) is 2.70. The summed E-state index contributed by atoms with van der Waals surface area (Å²) in [7, 11) is 0. The van der Waals surface area contributed by atoms with Crippen LogP contribution in [0, 0.1) is 6.92 Å². The average Bonchev–Trinajstić information content (AvgIpc) is 2.09. The number of hydrogen-bond acceptors (Lipinski definition) is 2. The fourth-order valence-electron chi connectivity index (χ4n) is 1.14. The van der Waals surface area contributed by atoms with Gasteiger partial charge in [-0.15, -0.1) is 0 Å². The molecule has 0 fully saturated rings. The molecule has 0 aliphatic rings. The summed E-state index contributed by atoms with van der Waals surface area (Å²) >= 11 is 0. The Morgan fingerprint density at radius 1 is 1.33 bits per heavy atom. The van der Waals surface area contributed by atoms with Gasteiger partial charge in [-0.2, -0.15) is 0 Å². The SMILES string of the molecule is CCOc1ccc(C)c(CC)n1. The highest BCUT2D eigenvalue weighted by Crippen LogP contribution is 2.12.